The van der Waals surface area contributed by atoms with Gasteiger partial charge < -0.3 is 5.32 Å². The van der Waals surface area contributed by atoms with Crippen molar-refractivity contribution >= 4 is 37.5 Å². The van der Waals surface area contributed by atoms with Crippen LogP contribution in [0.5, 0.6) is 0 Å². The van der Waals surface area contributed by atoms with Gasteiger partial charge >= 0.3 is 0 Å². The van der Waals surface area contributed by atoms with Crippen LogP contribution in [-0.2, 0) is 0 Å². The van der Waals surface area contributed by atoms with Crippen molar-refractivity contribution in [1.82, 2.24) is 0 Å². The minimum Gasteiger partial charge on any atom is -0.343 e. The fraction of sp³-hybridized carbons (Fsp3) is 0.0833. The molecule has 0 saturated carbocycles. The van der Waals surface area contributed by atoms with Crippen LogP contribution < -0.4 is 5.32 Å². The average Bonchev–Trinajstić information content (AvgIpc) is 2.32. The van der Waals surface area contributed by atoms with Crippen LogP contribution >= 0.6 is 31.9 Å². The Hall–Kier alpha value is -1.81. The summed E-state index contributed by atoms with van der Waals surface area (Å²) in [5, 5.41) is 29.2. The molecule has 0 atom stereocenters. The third-order valence-corrected chi connectivity index (χ3v) is 3.27. The van der Waals surface area contributed by atoms with E-state index in [4.69, 9.17) is 15.8 Å². The Bertz CT molecular complexity index is 603. The van der Waals surface area contributed by atoms with Crippen molar-refractivity contribution in [2.24, 2.45) is 0 Å². The first-order valence-corrected chi connectivity index (χ1v) is 6.29. The van der Waals surface area contributed by atoms with Crippen LogP contribution in [0.2, 0.25) is 0 Å². The number of benzene rings is 1. The van der Waals surface area contributed by atoms with E-state index in [9.17, 15) is 0 Å². The predicted octanol–water partition coefficient (Wildman–Crippen LogP) is 3.76. The summed E-state index contributed by atoms with van der Waals surface area (Å²) in [6.45, 7) is 1.93. The largest absolute Gasteiger partial charge is 0.343 e. The highest BCUT2D eigenvalue weighted by Crippen LogP contribution is 2.33. The first-order valence-electron chi connectivity index (χ1n) is 4.70. The Labute approximate surface area is 121 Å². The molecule has 1 rings (SSSR count). The highest BCUT2D eigenvalue weighted by molar-refractivity contribution is 9.11. The number of nitrogens with one attached hydrogen (secondary N) is 1. The van der Waals surface area contributed by atoms with E-state index in [0.29, 0.717) is 5.69 Å². The van der Waals surface area contributed by atoms with E-state index in [1.54, 1.807) is 18.2 Å². The molecule has 1 aromatic carbocycles. The van der Waals surface area contributed by atoms with Gasteiger partial charge in [-0.1, -0.05) is 0 Å². The van der Waals surface area contributed by atoms with Crippen LogP contribution in [0, 0.1) is 40.9 Å². The van der Waals surface area contributed by atoms with Crippen LogP contribution in [0.4, 0.5) is 5.69 Å². The lowest BCUT2D eigenvalue weighted by Gasteiger charge is -2.10. The lowest BCUT2D eigenvalue weighted by molar-refractivity contribution is 1.34. The van der Waals surface area contributed by atoms with Gasteiger partial charge in [-0.3, -0.25) is 0 Å². The summed E-state index contributed by atoms with van der Waals surface area (Å²) in [6, 6.07) is 8.88. The normalized spacial score (nSPS) is 8.67. The number of rotatable bonds is 2. The van der Waals surface area contributed by atoms with E-state index in [0.717, 1.165) is 14.5 Å². The van der Waals surface area contributed by atoms with Crippen molar-refractivity contribution in [3.63, 3.8) is 0 Å². The maximum Gasteiger partial charge on any atom is 0.163 e. The SMILES string of the molecule is Cc1cc(Br)c(NC(C#N)=C(C#N)C#N)c(Br)c1. The third kappa shape index (κ3) is 3.11. The van der Waals surface area contributed by atoms with Crippen LogP contribution in [0.25, 0.3) is 0 Å². The quantitative estimate of drug-likeness (QED) is 0.808. The third-order valence-electron chi connectivity index (χ3n) is 2.02. The lowest BCUT2D eigenvalue weighted by atomic mass is 10.2. The fourth-order valence-electron chi connectivity index (χ4n) is 1.23. The molecule has 0 aliphatic carbocycles. The van der Waals surface area contributed by atoms with E-state index in [-0.39, 0.29) is 11.3 Å². The molecule has 4 nitrogen and oxygen atoms in total. The summed E-state index contributed by atoms with van der Waals surface area (Å²) in [7, 11) is 0. The van der Waals surface area contributed by atoms with Crippen LogP contribution in [0.1, 0.15) is 5.56 Å². The molecule has 0 spiro atoms. The fourth-order valence-corrected chi connectivity index (χ4v) is 2.84. The minimum atomic E-state index is -0.253. The first-order chi connectivity index (χ1) is 8.53. The molecule has 6 heteroatoms. The molecule has 0 aliphatic rings. The van der Waals surface area contributed by atoms with Crippen LogP contribution in [0.15, 0.2) is 32.3 Å². The van der Waals surface area contributed by atoms with Crippen LogP contribution in [0.3, 0.4) is 0 Å². The van der Waals surface area contributed by atoms with Gasteiger partial charge in [-0.25, -0.2) is 0 Å². The van der Waals surface area contributed by atoms with Gasteiger partial charge in [0.2, 0.25) is 0 Å². The predicted molar refractivity (Wildman–Crippen MR) is 74.1 cm³/mol. The van der Waals surface area contributed by atoms with E-state index in [1.165, 1.54) is 0 Å². The molecule has 0 radical (unpaired) electrons. The molecular weight excluding hydrogens is 360 g/mol. The molecule has 0 amide bonds. The molecule has 0 heterocycles. The van der Waals surface area contributed by atoms with Gasteiger partial charge in [0.15, 0.2) is 5.57 Å². The summed E-state index contributed by atoms with van der Waals surface area (Å²) < 4.78 is 1.47. The Kier molecular flexibility index (Phi) is 4.92. The monoisotopic (exact) mass is 364 g/mol. The molecule has 0 aliphatic heterocycles. The van der Waals surface area contributed by atoms with Gasteiger partial charge in [0.1, 0.15) is 23.9 Å². The second-order valence-electron chi connectivity index (χ2n) is 3.31. The molecule has 0 bridgehead atoms. The number of nitriles is 3. The average molecular weight is 366 g/mol. The van der Waals surface area contributed by atoms with Gasteiger partial charge in [-0.2, -0.15) is 15.8 Å². The van der Waals surface area contributed by atoms with Gasteiger partial charge in [-0.05, 0) is 56.5 Å². The van der Waals surface area contributed by atoms with E-state index in [1.807, 2.05) is 19.1 Å². The zero-order valence-electron chi connectivity index (χ0n) is 9.25. The molecule has 0 unspecified atom stereocenters. The van der Waals surface area contributed by atoms with Crippen LogP contribution in [-0.4, -0.2) is 0 Å². The maximum atomic E-state index is 8.95. The molecule has 1 N–H and O–H groups in total. The van der Waals surface area contributed by atoms with Gasteiger partial charge in [0, 0.05) is 8.95 Å². The Morgan fingerprint density at radius 3 is 1.94 bits per heavy atom. The number of hydrogen-bond donors (Lipinski definition) is 1. The summed E-state index contributed by atoms with van der Waals surface area (Å²) in [5.41, 5.74) is 1.30. The van der Waals surface area contributed by atoms with Gasteiger partial charge in [-0.15, -0.1) is 0 Å². The lowest BCUT2D eigenvalue weighted by Crippen LogP contribution is -2.02. The number of allylic oxidation sites excluding steroid dienone is 2. The van der Waals surface area contributed by atoms with Crippen molar-refractivity contribution in [2.45, 2.75) is 6.92 Å². The topological polar surface area (TPSA) is 83.4 Å². The zero-order valence-corrected chi connectivity index (χ0v) is 12.4. The van der Waals surface area contributed by atoms with Gasteiger partial charge in [0.25, 0.3) is 0 Å². The Morgan fingerprint density at radius 1 is 1.06 bits per heavy atom. The number of aryl methyl sites for hydroxylation is 1. The van der Waals surface area contributed by atoms with E-state index < -0.39 is 0 Å². The van der Waals surface area contributed by atoms with Crippen molar-refractivity contribution in [1.29, 1.82) is 15.8 Å². The number of hydrogen-bond acceptors (Lipinski definition) is 4. The second kappa shape index (κ2) is 6.21. The summed E-state index contributed by atoms with van der Waals surface area (Å²) >= 11 is 6.72. The molecular formula is C12H6Br2N4. The van der Waals surface area contributed by atoms with Crippen molar-refractivity contribution in [3.8, 4) is 18.2 Å². The van der Waals surface area contributed by atoms with E-state index in [2.05, 4.69) is 37.2 Å². The number of nitrogens with zero attached hydrogens (tertiary/aromatic N) is 3. The molecule has 1 aromatic rings. The number of halogens is 2. The summed E-state index contributed by atoms with van der Waals surface area (Å²) in [6.07, 6.45) is 0. The van der Waals surface area contributed by atoms with Crippen molar-refractivity contribution in [2.75, 3.05) is 5.32 Å². The molecule has 0 aromatic heterocycles. The van der Waals surface area contributed by atoms with Gasteiger partial charge in [0.05, 0.1) is 5.69 Å². The smallest absolute Gasteiger partial charge is 0.163 e. The second-order valence-corrected chi connectivity index (χ2v) is 5.02. The first kappa shape index (κ1) is 14.3. The highest BCUT2D eigenvalue weighted by Gasteiger charge is 2.11. The minimum absolute atomic E-state index is 0.0785. The standard InChI is InChI=1S/C12H6Br2N4/c1-7-2-9(13)12(10(14)3-7)18-11(6-17)8(4-15)5-16/h2-3,18H,1H3. The summed E-state index contributed by atoms with van der Waals surface area (Å²) in [5.74, 6) is 0. The van der Waals surface area contributed by atoms with Crippen molar-refractivity contribution < 1.29 is 0 Å². The molecule has 0 fully saturated rings. The maximum absolute atomic E-state index is 8.95. The zero-order chi connectivity index (χ0) is 13.7. The molecule has 18 heavy (non-hydrogen) atoms. The van der Waals surface area contributed by atoms with Crippen molar-refractivity contribution in [3.05, 3.63) is 37.9 Å². The molecule has 88 valence electrons. The summed E-state index contributed by atoms with van der Waals surface area (Å²) in [4.78, 5) is 0. The Balaban J connectivity index is 3.30. The highest BCUT2D eigenvalue weighted by atomic mass is 79.9. The Morgan fingerprint density at radius 2 is 1.56 bits per heavy atom. The number of anilines is 1. The van der Waals surface area contributed by atoms with E-state index >= 15 is 0 Å². The molecule has 0 saturated heterocycles.